The molecule has 4 heteroatoms. The summed E-state index contributed by atoms with van der Waals surface area (Å²) in [5.41, 5.74) is 0.617. The van der Waals surface area contributed by atoms with Gasteiger partial charge in [0.25, 0.3) is 0 Å². The Balaban J connectivity index is 2.07. The molecule has 0 saturated heterocycles. The average Bonchev–Trinajstić information content (AvgIpc) is 2.28. The van der Waals surface area contributed by atoms with E-state index in [2.05, 4.69) is 5.32 Å². The van der Waals surface area contributed by atoms with Crippen LogP contribution in [0.5, 0.6) is 11.5 Å². The van der Waals surface area contributed by atoms with Gasteiger partial charge in [0, 0.05) is 29.1 Å². The SMILES string of the molecule is CC(NC1CC(O)C1(C)C)c1ccc(O)cc1O. The molecule has 4 nitrogen and oxygen atoms in total. The average molecular weight is 251 g/mol. The summed E-state index contributed by atoms with van der Waals surface area (Å²) >= 11 is 0. The molecule has 1 aliphatic carbocycles. The van der Waals surface area contributed by atoms with E-state index in [9.17, 15) is 15.3 Å². The molecule has 0 spiro atoms. The van der Waals surface area contributed by atoms with Gasteiger partial charge < -0.3 is 20.6 Å². The van der Waals surface area contributed by atoms with Crippen LogP contribution in [0.1, 0.15) is 38.8 Å². The van der Waals surface area contributed by atoms with Crippen molar-refractivity contribution < 1.29 is 15.3 Å². The number of rotatable bonds is 3. The molecular formula is C14H21NO3. The molecule has 18 heavy (non-hydrogen) atoms. The van der Waals surface area contributed by atoms with Crippen LogP contribution in [0.4, 0.5) is 0 Å². The minimum Gasteiger partial charge on any atom is -0.508 e. The largest absolute Gasteiger partial charge is 0.508 e. The first-order valence-electron chi connectivity index (χ1n) is 6.28. The van der Waals surface area contributed by atoms with E-state index in [0.29, 0.717) is 0 Å². The van der Waals surface area contributed by atoms with Crippen molar-refractivity contribution in [1.82, 2.24) is 5.32 Å². The van der Waals surface area contributed by atoms with E-state index in [1.165, 1.54) is 6.07 Å². The van der Waals surface area contributed by atoms with Crippen LogP contribution in [0.25, 0.3) is 0 Å². The van der Waals surface area contributed by atoms with Gasteiger partial charge in [0.2, 0.25) is 0 Å². The number of aliphatic hydroxyl groups excluding tert-OH is 1. The number of hydrogen-bond acceptors (Lipinski definition) is 4. The summed E-state index contributed by atoms with van der Waals surface area (Å²) in [7, 11) is 0. The predicted octanol–water partition coefficient (Wildman–Crippen LogP) is 1.91. The van der Waals surface area contributed by atoms with E-state index >= 15 is 0 Å². The summed E-state index contributed by atoms with van der Waals surface area (Å²) in [5.74, 6) is 0.149. The van der Waals surface area contributed by atoms with Gasteiger partial charge in [-0.15, -0.1) is 0 Å². The van der Waals surface area contributed by atoms with Crippen molar-refractivity contribution >= 4 is 0 Å². The highest BCUT2D eigenvalue weighted by Crippen LogP contribution is 2.42. The van der Waals surface area contributed by atoms with Crippen molar-refractivity contribution in [2.24, 2.45) is 5.41 Å². The fourth-order valence-electron chi connectivity index (χ4n) is 2.48. The normalized spacial score (nSPS) is 27.6. The Hall–Kier alpha value is -1.26. The van der Waals surface area contributed by atoms with Crippen LogP contribution in [0.3, 0.4) is 0 Å². The fourth-order valence-corrected chi connectivity index (χ4v) is 2.48. The van der Waals surface area contributed by atoms with Crippen molar-refractivity contribution in [3.63, 3.8) is 0 Å². The molecule has 1 aromatic carbocycles. The lowest BCUT2D eigenvalue weighted by atomic mass is 9.64. The lowest BCUT2D eigenvalue weighted by molar-refractivity contribution is -0.0755. The zero-order valence-electron chi connectivity index (χ0n) is 11.0. The molecule has 1 aromatic rings. The number of hydrogen-bond donors (Lipinski definition) is 4. The van der Waals surface area contributed by atoms with Crippen molar-refractivity contribution in [2.75, 3.05) is 0 Å². The Morgan fingerprint density at radius 3 is 2.50 bits per heavy atom. The third-order valence-electron chi connectivity index (χ3n) is 4.15. The van der Waals surface area contributed by atoms with Crippen LogP contribution in [0.15, 0.2) is 18.2 Å². The molecule has 1 fully saturated rings. The minimum absolute atomic E-state index is 0.0256. The Morgan fingerprint density at radius 2 is 2.00 bits per heavy atom. The molecular weight excluding hydrogens is 230 g/mol. The highest BCUT2D eigenvalue weighted by Gasteiger charge is 2.47. The Labute approximate surface area is 107 Å². The second-order valence-corrected chi connectivity index (χ2v) is 5.76. The first-order chi connectivity index (χ1) is 8.32. The van der Waals surface area contributed by atoms with Crippen molar-refractivity contribution in [2.45, 2.75) is 45.4 Å². The molecule has 0 amide bonds. The molecule has 0 heterocycles. The van der Waals surface area contributed by atoms with E-state index in [4.69, 9.17) is 0 Å². The number of aliphatic hydroxyl groups is 1. The smallest absolute Gasteiger partial charge is 0.124 e. The second-order valence-electron chi connectivity index (χ2n) is 5.76. The van der Waals surface area contributed by atoms with Gasteiger partial charge in [-0.2, -0.15) is 0 Å². The molecule has 0 radical (unpaired) electrons. The summed E-state index contributed by atoms with van der Waals surface area (Å²) in [6.45, 7) is 6.03. The number of aromatic hydroxyl groups is 2. The zero-order chi connectivity index (χ0) is 13.5. The topological polar surface area (TPSA) is 72.7 Å². The summed E-state index contributed by atoms with van der Waals surface area (Å²) in [6.07, 6.45) is 0.464. The Morgan fingerprint density at radius 1 is 1.33 bits per heavy atom. The van der Waals surface area contributed by atoms with E-state index in [0.717, 1.165) is 12.0 Å². The van der Waals surface area contributed by atoms with Crippen molar-refractivity contribution in [3.05, 3.63) is 23.8 Å². The summed E-state index contributed by atoms with van der Waals surface area (Å²) in [5, 5.41) is 32.2. The van der Waals surface area contributed by atoms with E-state index in [1.807, 2.05) is 20.8 Å². The summed E-state index contributed by atoms with van der Waals surface area (Å²) in [4.78, 5) is 0. The Kier molecular flexibility index (Phi) is 3.25. The monoisotopic (exact) mass is 251 g/mol. The molecule has 4 N–H and O–H groups in total. The van der Waals surface area contributed by atoms with Crippen LogP contribution >= 0.6 is 0 Å². The second kappa shape index (κ2) is 4.44. The number of phenols is 2. The lowest BCUT2D eigenvalue weighted by Crippen LogP contribution is -2.60. The van der Waals surface area contributed by atoms with Gasteiger partial charge >= 0.3 is 0 Å². The number of nitrogens with one attached hydrogen (secondary N) is 1. The van der Waals surface area contributed by atoms with Gasteiger partial charge in [0.05, 0.1) is 6.10 Å². The van der Waals surface area contributed by atoms with Crippen LogP contribution in [0, 0.1) is 5.41 Å². The standard InChI is InChI=1S/C14H21NO3/c1-8(10-5-4-9(16)6-11(10)17)15-12-7-13(18)14(12,2)3/h4-6,8,12-13,15-18H,7H2,1-3H3. The van der Waals surface area contributed by atoms with Gasteiger partial charge in [0.1, 0.15) is 11.5 Å². The molecule has 2 rings (SSSR count). The van der Waals surface area contributed by atoms with Crippen molar-refractivity contribution in [1.29, 1.82) is 0 Å². The van der Waals surface area contributed by atoms with Gasteiger partial charge in [0.15, 0.2) is 0 Å². The van der Waals surface area contributed by atoms with Crippen molar-refractivity contribution in [3.8, 4) is 11.5 Å². The third-order valence-corrected chi connectivity index (χ3v) is 4.15. The molecule has 0 aromatic heterocycles. The first-order valence-corrected chi connectivity index (χ1v) is 6.28. The lowest BCUT2D eigenvalue weighted by Gasteiger charge is -2.50. The molecule has 3 unspecified atom stereocenters. The fraction of sp³-hybridized carbons (Fsp3) is 0.571. The van der Waals surface area contributed by atoms with Crippen LogP contribution in [-0.2, 0) is 0 Å². The maximum Gasteiger partial charge on any atom is 0.124 e. The predicted molar refractivity (Wildman–Crippen MR) is 69.5 cm³/mol. The van der Waals surface area contributed by atoms with Gasteiger partial charge in [-0.1, -0.05) is 19.9 Å². The summed E-state index contributed by atoms with van der Waals surface area (Å²) in [6, 6.07) is 4.82. The zero-order valence-corrected chi connectivity index (χ0v) is 11.0. The van der Waals surface area contributed by atoms with E-state index in [1.54, 1.807) is 12.1 Å². The van der Waals surface area contributed by atoms with Gasteiger partial charge in [-0.05, 0) is 19.4 Å². The highest BCUT2D eigenvalue weighted by molar-refractivity contribution is 5.40. The quantitative estimate of drug-likeness (QED) is 0.662. The summed E-state index contributed by atoms with van der Waals surface area (Å²) < 4.78 is 0. The van der Waals surface area contributed by atoms with Crippen LogP contribution < -0.4 is 5.32 Å². The molecule has 100 valence electrons. The van der Waals surface area contributed by atoms with E-state index in [-0.39, 0.29) is 35.1 Å². The molecule has 1 aliphatic rings. The Bertz CT molecular complexity index is 445. The number of benzene rings is 1. The van der Waals surface area contributed by atoms with Gasteiger partial charge in [-0.3, -0.25) is 0 Å². The third kappa shape index (κ3) is 2.18. The molecule has 0 aliphatic heterocycles. The van der Waals surface area contributed by atoms with Crippen LogP contribution in [-0.4, -0.2) is 27.5 Å². The molecule has 0 bridgehead atoms. The first kappa shape index (κ1) is 13.2. The minimum atomic E-state index is -0.268. The van der Waals surface area contributed by atoms with Crippen LogP contribution in [0.2, 0.25) is 0 Å². The number of phenolic OH excluding ortho intramolecular Hbond substituents is 2. The van der Waals surface area contributed by atoms with E-state index < -0.39 is 0 Å². The maximum atomic E-state index is 9.80. The van der Waals surface area contributed by atoms with Gasteiger partial charge in [-0.25, -0.2) is 0 Å². The highest BCUT2D eigenvalue weighted by atomic mass is 16.3. The molecule has 1 saturated carbocycles. The molecule has 3 atom stereocenters. The maximum absolute atomic E-state index is 9.80.